The third-order valence-corrected chi connectivity index (χ3v) is 14.5. The molecule has 0 spiro atoms. The quantitative estimate of drug-likeness (QED) is 0.0686. The number of Topliss-reactive ketones (excluding diaryl/α,β-unsaturated/α-hetero) is 2. The number of hydrogen-bond donors (Lipinski definition) is 2. The third-order valence-electron chi connectivity index (χ3n) is 8.54. The monoisotopic (exact) mass is 1140 g/mol. The molecule has 13 heteroatoms. The maximum atomic E-state index is 11.0. The van der Waals surface area contributed by atoms with E-state index in [4.69, 9.17) is 0 Å². The van der Waals surface area contributed by atoms with Crippen molar-refractivity contribution in [2.75, 3.05) is 23.8 Å². The van der Waals surface area contributed by atoms with Gasteiger partial charge in [0.2, 0.25) is 5.91 Å². The summed E-state index contributed by atoms with van der Waals surface area (Å²) in [5.74, 6) is 9.40. The normalized spacial score (nSPS) is 11.3. The Morgan fingerprint density at radius 3 is 1.29 bits per heavy atom. The lowest BCUT2D eigenvalue weighted by Gasteiger charge is -2.09. The molecule has 75 heavy (non-hydrogen) atoms. The highest BCUT2D eigenvalue weighted by atomic mass is 33.1. The first kappa shape index (κ1) is 87.8. The topological polar surface area (TPSA) is 118 Å². The Morgan fingerprint density at radius 2 is 1.03 bits per heavy atom. The fourth-order valence-electron chi connectivity index (χ4n) is 4.53. The molecule has 0 aliphatic carbocycles. The number of nitrogens with one attached hydrogen (secondary N) is 2. The van der Waals surface area contributed by atoms with E-state index in [2.05, 4.69) is 192 Å². The highest BCUT2D eigenvalue weighted by Gasteiger charge is 2.09. The van der Waals surface area contributed by atoms with Gasteiger partial charge in [-0.25, -0.2) is 4.68 Å². The first-order valence-corrected chi connectivity index (χ1v) is 33.7. The molecule has 1 aromatic rings. The number of rotatable bonds is 26. The molecule has 0 unspecified atom stereocenters. The SMILES string of the molecule is CC(C)CC(=O)C(C)C.CC(C)CC(=O)NC(C)C.CC(C)CC=NC(C)C.CC(C)CNC(C)C.CC(C)CSC(C)C.CC(C)CSSC(C)C.CC(C)Cc1cn(C(C)C)nn1.CC(C)SCC(=O)C(C)C. The third kappa shape index (κ3) is 92.7. The largest absolute Gasteiger partial charge is 0.354 e. The number of nitrogens with zero attached hydrogens (tertiary/aromatic N) is 4. The van der Waals surface area contributed by atoms with Crippen molar-refractivity contribution in [2.45, 2.75) is 287 Å². The molecule has 1 heterocycles. The number of hydrogen-bond acceptors (Lipinski definition) is 11. The number of ketones is 2. The van der Waals surface area contributed by atoms with Crippen molar-refractivity contribution in [2.24, 2.45) is 58.3 Å². The molecule has 9 nitrogen and oxygen atoms in total. The van der Waals surface area contributed by atoms with E-state index in [0.717, 1.165) is 65.7 Å². The lowest BCUT2D eigenvalue weighted by Crippen LogP contribution is -2.30. The van der Waals surface area contributed by atoms with Crippen LogP contribution in [0.3, 0.4) is 0 Å². The van der Waals surface area contributed by atoms with Crippen LogP contribution in [0.4, 0.5) is 0 Å². The summed E-state index contributed by atoms with van der Waals surface area (Å²) in [6.45, 7) is 69.3. The van der Waals surface area contributed by atoms with Crippen molar-refractivity contribution >= 4 is 68.8 Å². The van der Waals surface area contributed by atoms with Crippen molar-refractivity contribution < 1.29 is 14.4 Å². The van der Waals surface area contributed by atoms with Crippen LogP contribution in [0.1, 0.15) is 253 Å². The second-order valence-electron chi connectivity index (χ2n) is 25.0. The summed E-state index contributed by atoms with van der Waals surface area (Å²) in [4.78, 5) is 37.2. The zero-order valence-electron chi connectivity index (χ0n) is 55.7. The van der Waals surface area contributed by atoms with Gasteiger partial charge in [-0.3, -0.25) is 19.4 Å². The molecular formula is C62H132N6O3S4. The Kier molecular flexibility index (Phi) is 67.5. The zero-order chi connectivity index (χ0) is 60.6. The predicted octanol–water partition coefficient (Wildman–Crippen LogP) is 18.6. The number of amides is 1. The molecule has 0 aliphatic rings. The van der Waals surface area contributed by atoms with Crippen LogP contribution in [0.2, 0.25) is 0 Å². The maximum Gasteiger partial charge on any atom is 0.220 e. The molecule has 1 amide bonds. The Labute approximate surface area is 487 Å². The highest BCUT2D eigenvalue weighted by Crippen LogP contribution is 2.27. The van der Waals surface area contributed by atoms with Crippen LogP contribution >= 0.6 is 45.1 Å². The van der Waals surface area contributed by atoms with Gasteiger partial charge in [0.1, 0.15) is 11.6 Å². The Hall–Kier alpha value is -1.02. The average Bonchev–Trinajstić information content (AvgIpc) is 3.70. The molecule has 0 radical (unpaired) electrons. The number of aromatic nitrogens is 3. The fraction of sp³-hybridized carbons (Fsp3) is 0.903. The van der Waals surface area contributed by atoms with Gasteiger partial charge in [0, 0.05) is 66.0 Å². The lowest BCUT2D eigenvalue weighted by molar-refractivity contribution is -0.123. The van der Waals surface area contributed by atoms with Gasteiger partial charge >= 0.3 is 0 Å². The van der Waals surface area contributed by atoms with E-state index in [1.807, 2.05) is 106 Å². The summed E-state index contributed by atoms with van der Waals surface area (Å²) >= 11 is 3.76. The molecule has 0 aromatic carbocycles. The molecule has 0 atom stereocenters. The van der Waals surface area contributed by atoms with Gasteiger partial charge in [-0.1, -0.05) is 207 Å². The van der Waals surface area contributed by atoms with Gasteiger partial charge in [0.25, 0.3) is 0 Å². The summed E-state index contributed by atoms with van der Waals surface area (Å²) in [5.41, 5.74) is 1.10. The molecule has 0 bridgehead atoms. The van der Waals surface area contributed by atoms with Crippen molar-refractivity contribution in [1.82, 2.24) is 25.6 Å². The molecule has 1 rings (SSSR count). The van der Waals surface area contributed by atoms with E-state index < -0.39 is 0 Å². The second kappa shape index (κ2) is 57.7. The number of thioether (sulfide) groups is 2. The zero-order valence-corrected chi connectivity index (χ0v) is 59.0. The van der Waals surface area contributed by atoms with Gasteiger partial charge in [-0.05, 0) is 125 Å². The molecule has 2 N–H and O–H groups in total. The molecule has 0 saturated heterocycles. The first-order chi connectivity index (χ1) is 34.2. The summed E-state index contributed by atoms with van der Waals surface area (Å²) < 4.78 is 1.90. The van der Waals surface area contributed by atoms with Gasteiger partial charge < -0.3 is 10.6 Å². The summed E-state index contributed by atoms with van der Waals surface area (Å²) in [6.07, 6.45) is 7.56. The number of aliphatic imine (C=N–C) groups is 1. The lowest BCUT2D eigenvalue weighted by atomic mass is 9.99. The van der Waals surface area contributed by atoms with Gasteiger partial charge in [0.15, 0.2) is 0 Å². The van der Waals surface area contributed by atoms with Gasteiger partial charge in [-0.2, -0.15) is 23.5 Å². The predicted molar refractivity (Wildman–Crippen MR) is 352 cm³/mol. The van der Waals surface area contributed by atoms with Gasteiger partial charge in [0.05, 0.1) is 11.4 Å². The van der Waals surface area contributed by atoms with Crippen LogP contribution in [0, 0.1) is 53.3 Å². The molecule has 1 aromatic heterocycles. The minimum atomic E-state index is 0.157. The first-order valence-electron chi connectivity index (χ1n) is 29.2. The van der Waals surface area contributed by atoms with Crippen molar-refractivity contribution in [1.29, 1.82) is 0 Å². The van der Waals surface area contributed by atoms with Crippen LogP contribution in [-0.4, -0.2) is 96.4 Å². The summed E-state index contributed by atoms with van der Waals surface area (Å²) in [7, 11) is 3.96. The summed E-state index contributed by atoms with van der Waals surface area (Å²) in [5, 5.41) is 16.5. The number of carbonyl (C=O) groups excluding carboxylic acids is 3. The Morgan fingerprint density at radius 1 is 0.547 bits per heavy atom. The molecule has 0 aliphatic heterocycles. The highest BCUT2D eigenvalue weighted by molar-refractivity contribution is 8.76. The van der Waals surface area contributed by atoms with E-state index in [0.29, 0.717) is 64.9 Å². The minimum absolute atomic E-state index is 0.157. The van der Waals surface area contributed by atoms with E-state index >= 15 is 0 Å². The van der Waals surface area contributed by atoms with Crippen LogP contribution in [-0.2, 0) is 20.8 Å². The smallest absolute Gasteiger partial charge is 0.220 e. The minimum Gasteiger partial charge on any atom is -0.354 e. The van der Waals surface area contributed by atoms with E-state index in [1.54, 1.807) is 11.8 Å². The van der Waals surface area contributed by atoms with E-state index in [9.17, 15) is 14.4 Å². The fourth-order valence-corrected chi connectivity index (χ4v) is 8.63. The van der Waals surface area contributed by atoms with E-state index in [1.165, 1.54) is 11.5 Å². The van der Waals surface area contributed by atoms with Crippen LogP contribution < -0.4 is 10.6 Å². The van der Waals surface area contributed by atoms with E-state index in [-0.39, 0.29) is 23.8 Å². The molecule has 452 valence electrons. The molecular weight excluding hydrogens is 1000 g/mol. The molecule has 0 saturated carbocycles. The van der Waals surface area contributed by atoms with Crippen molar-refractivity contribution in [3.05, 3.63) is 11.9 Å². The van der Waals surface area contributed by atoms with Crippen LogP contribution in [0.15, 0.2) is 11.2 Å². The van der Waals surface area contributed by atoms with Crippen LogP contribution in [0.5, 0.6) is 0 Å². The summed E-state index contributed by atoms with van der Waals surface area (Å²) in [6, 6.07) is 1.78. The van der Waals surface area contributed by atoms with Crippen molar-refractivity contribution in [3.63, 3.8) is 0 Å². The maximum absolute atomic E-state index is 11.0. The Bertz CT molecular complexity index is 1350. The molecule has 0 fully saturated rings. The number of carbonyl (C=O) groups is 3. The van der Waals surface area contributed by atoms with Gasteiger partial charge in [-0.15, -0.1) is 5.10 Å². The second-order valence-corrected chi connectivity index (χ2v) is 31.2. The van der Waals surface area contributed by atoms with Crippen molar-refractivity contribution in [3.8, 4) is 0 Å². The standard InChI is InChI=1S/C9H17N3.C8H17NO.C8H17N.C8H16OS.C8H16O.C7H17N.C7H16S2.C7H16S/c1-7(2)5-9-6-12(8(3)4)11-10-9;1-6(2)5-8(10)9-7(3)4;1-7(2)5-6-9-8(3)4;1-6(2)8(9)5-10-7(3)4;1-6(2)5-8(9)7(3)4;1-6(2)5-8-7(3)4;1-6(2)5-8-9-7(3)4;1-6(2)5-8-7(3)4/h6-8H,5H2,1-4H3;6-7H,5H2,1-4H3,(H,9,10);6-8H,5H2,1-4H3;6-7H,5H2,1-4H3;6-7H,5H2,1-4H3;6-8H,5H2,1-4H3;6-7H,5H2,1-4H3;6-7H,5H2,1-4H3. The Balaban J connectivity index is -0.000000141. The van der Waals surface area contributed by atoms with Crippen LogP contribution in [0.25, 0.3) is 0 Å². The average molecular weight is 1140 g/mol.